The number of aromatic amines is 1. The molecule has 4 heteroatoms. The molecule has 2 N–H and O–H groups in total. The minimum atomic E-state index is 0.529. The quantitative estimate of drug-likeness (QED) is 0.792. The summed E-state index contributed by atoms with van der Waals surface area (Å²) in [6, 6.07) is 10.2. The molecule has 0 radical (unpaired) electrons. The highest BCUT2D eigenvalue weighted by molar-refractivity contribution is 5.59. The van der Waals surface area contributed by atoms with Crippen molar-refractivity contribution in [1.82, 2.24) is 15.3 Å². The Labute approximate surface area is 119 Å². The molecule has 4 nitrogen and oxygen atoms in total. The third-order valence-electron chi connectivity index (χ3n) is 3.10. The molecule has 1 heterocycles. The summed E-state index contributed by atoms with van der Waals surface area (Å²) in [5.41, 5.74) is 2.73. The highest BCUT2D eigenvalue weighted by Gasteiger charge is 2.03. The van der Waals surface area contributed by atoms with Gasteiger partial charge in [-0.3, -0.25) is 0 Å². The molecule has 0 unspecified atom stereocenters. The first kappa shape index (κ1) is 14.3. The zero-order valence-electron chi connectivity index (χ0n) is 12.0. The van der Waals surface area contributed by atoms with Crippen LogP contribution in [0.25, 0.3) is 11.3 Å². The first-order valence-corrected chi connectivity index (χ1v) is 6.97. The highest BCUT2D eigenvalue weighted by Crippen LogP contribution is 2.17. The molecular formula is C16H20N4. The number of nitriles is 1. The number of imidazole rings is 1. The van der Waals surface area contributed by atoms with Crippen molar-refractivity contribution in [3.05, 3.63) is 41.9 Å². The molecule has 0 aliphatic heterocycles. The summed E-state index contributed by atoms with van der Waals surface area (Å²) in [5.74, 6) is 1.01. The number of rotatable bonds is 6. The summed E-state index contributed by atoms with van der Waals surface area (Å²) in [6.45, 7) is 5.30. The van der Waals surface area contributed by atoms with Gasteiger partial charge in [-0.25, -0.2) is 4.98 Å². The van der Waals surface area contributed by atoms with E-state index in [1.54, 1.807) is 0 Å². The first-order valence-electron chi connectivity index (χ1n) is 6.97. The molecule has 1 aromatic heterocycles. The summed E-state index contributed by atoms with van der Waals surface area (Å²) >= 11 is 0. The molecule has 0 bridgehead atoms. The molecular weight excluding hydrogens is 248 g/mol. The van der Waals surface area contributed by atoms with Gasteiger partial charge >= 0.3 is 0 Å². The Morgan fingerprint density at radius 3 is 2.70 bits per heavy atom. The number of nitrogens with one attached hydrogen (secondary N) is 2. The number of aromatic nitrogens is 2. The van der Waals surface area contributed by atoms with Gasteiger partial charge in [0.25, 0.3) is 0 Å². The predicted octanol–water partition coefficient (Wildman–Crippen LogP) is 2.88. The van der Waals surface area contributed by atoms with Gasteiger partial charge in [0.1, 0.15) is 5.82 Å². The lowest BCUT2D eigenvalue weighted by molar-refractivity contribution is 0.567. The fourth-order valence-electron chi connectivity index (χ4n) is 2.01. The van der Waals surface area contributed by atoms with Crippen LogP contribution in [-0.4, -0.2) is 22.6 Å². The first-order chi connectivity index (χ1) is 9.69. The normalized spacial score (nSPS) is 10.7. The van der Waals surface area contributed by atoms with Crippen LogP contribution < -0.4 is 5.32 Å². The maximum absolute atomic E-state index is 8.79. The molecule has 2 aromatic rings. The van der Waals surface area contributed by atoms with Crippen LogP contribution in [0.15, 0.2) is 30.5 Å². The van der Waals surface area contributed by atoms with Gasteiger partial charge in [0, 0.05) is 12.5 Å². The summed E-state index contributed by atoms with van der Waals surface area (Å²) < 4.78 is 0. The number of hydrogen-bond acceptors (Lipinski definition) is 3. The van der Waals surface area contributed by atoms with Gasteiger partial charge in [-0.1, -0.05) is 26.0 Å². The lowest BCUT2D eigenvalue weighted by atomic mass is 10.1. The maximum Gasteiger partial charge on any atom is 0.106 e. The van der Waals surface area contributed by atoms with Crippen molar-refractivity contribution in [2.75, 3.05) is 6.54 Å². The van der Waals surface area contributed by atoms with Gasteiger partial charge in [0.15, 0.2) is 0 Å². The maximum atomic E-state index is 8.79. The summed E-state index contributed by atoms with van der Waals surface area (Å²) in [7, 11) is 0. The number of H-pyrrole nitrogens is 1. The Kier molecular flexibility index (Phi) is 4.91. The zero-order chi connectivity index (χ0) is 14.4. The van der Waals surface area contributed by atoms with Crippen molar-refractivity contribution in [2.24, 2.45) is 0 Å². The van der Waals surface area contributed by atoms with Gasteiger partial charge in [-0.2, -0.15) is 5.26 Å². The van der Waals surface area contributed by atoms with E-state index < -0.39 is 0 Å². The van der Waals surface area contributed by atoms with Crippen molar-refractivity contribution in [1.29, 1.82) is 5.26 Å². The summed E-state index contributed by atoms with van der Waals surface area (Å²) in [4.78, 5) is 7.74. The number of hydrogen-bond donors (Lipinski definition) is 2. The fraction of sp³-hybridized carbons (Fsp3) is 0.375. The monoisotopic (exact) mass is 268 g/mol. The van der Waals surface area contributed by atoms with Gasteiger partial charge in [-0.05, 0) is 30.7 Å². The SMILES string of the molecule is CC(C)NCCCc1ncc(-c2ccc(C#N)cc2)[nH]1. The number of benzene rings is 1. The highest BCUT2D eigenvalue weighted by atomic mass is 14.9. The predicted molar refractivity (Wildman–Crippen MR) is 80.2 cm³/mol. The van der Waals surface area contributed by atoms with Crippen LogP contribution in [0, 0.1) is 11.3 Å². The van der Waals surface area contributed by atoms with E-state index in [0.717, 1.165) is 36.5 Å². The number of aryl methyl sites for hydroxylation is 1. The molecule has 0 spiro atoms. The van der Waals surface area contributed by atoms with Crippen LogP contribution in [0.3, 0.4) is 0 Å². The molecule has 1 aromatic carbocycles. The van der Waals surface area contributed by atoms with E-state index in [2.05, 4.69) is 35.2 Å². The Morgan fingerprint density at radius 2 is 2.05 bits per heavy atom. The third-order valence-corrected chi connectivity index (χ3v) is 3.10. The van der Waals surface area contributed by atoms with E-state index >= 15 is 0 Å². The Balaban J connectivity index is 1.93. The van der Waals surface area contributed by atoms with Crippen LogP contribution in [0.1, 0.15) is 31.7 Å². The standard InChI is InChI=1S/C16H20N4/c1-12(2)18-9-3-4-16-19-11-15(20-16)14-7-5-13(10-17)6-8-14/h5-8,11-12,18H,3-4,9H2,1-2H3,(H,19,20). The van der Waals surface area contributed by atoms with E-state index in [0.29, 0.717) is 11.6 Å². The molecule has 0 amide bonds. The van der Waals surface area contributed by atoms with Crippen molar-refractivity contribution in [2.45, 2.75) is 32.7 Å². The fourth-order valence-corrected chi connectivity index (χ4v) is 2.01. The van der Waals surface area contributed by atoms with Gasteiger partial charge in [0.2, 0.25) is 0 Å². The molecule has 0 aliphatic carbocycles. The molecule has 0 saturated heterocycles. The molecule has 0 aliphatic rings. The van der Waals surface area contributed by atoms with Crippen LogP contribution in [0.5, 0.6) is 0 Å². The molecule has 20 heavy (non-hydrogen) atoms. The minimum absolute atomic E-state index is 0.529. The van der Waals surface area contributed by atoms with Crippen molar-refractivity contribution in [3.63, 3.8) is 0 Å². The second kappa shape index (κ2) is 6.88. The largest absolute Gasteiger partial charge is 0.342 e. The molecule has 0 saturated carbocycles. The smallest absolute Gasteiger partial charge is 0.106 e. The van der Waals surface area contributed by atoms with Crippen LogP contribution in [-0.2, 0) is 6.42 Å². The van der Waals surface area contributed by atoms with Crippen LogP contribution in [0.2, 0.25) is 0 Å². The zero-order valence-corrected chi connectivity index (χ0v) is 12.0. The molecule has 0 fully saturated rings. The van der Waals surface area contributed by atoms with E-state index in [-0.39, 0.29) is 0 Å². The number of nitrogens with zero attached hydrogens (tertiary/aromatic N) is 2. The van der Waals surface area contributed by atoms with E-state index in [1.807, 2.05) is 30.5 Å². The van der Waals surface area contributed by atoms with Crippen molar-refractivity contribution < 1.29 is 0 Å². The Hall–Kier alpha value is -2.12. The van der Waals surface area contributed by atoms with E-state index in [4.69, 9.17) is 5.26 Å². The average Bonchev–Trinajstić information content (AvgIpc) is 2.92. The van der Waals surface area contributed by atoms with Crippen molar-refractivity contribution >= 4 is 0 Å². The van der Waals surface area contributed by atoms with Crippen LogP contribution in [0.4, 0.5) is 0 Å². The Bertz CT molecular complexity index is 575. The summed E-state index contributed by atoms with van der Waals surface area (Å²) in [5, 5.41) is 12.2. The van der Waals surface area contributed by atoms with Gasteiger partial charge in [0.05, 0.1) is 23.5 Å². The third kappa shape index (κ3) is 3.94. The lowest BCUT2D eigenvalue weighted by Gasteiger charge is -2.06. The topological polar surface area (TPSA) is 64.5 Å². The summed E-state index contributed by atoms with van der Waals surface area (Å²) in [6.07, 6.45) is 3.86. The minimum Gasteiger partial charge on any atom is -0.342 e. The van der Waals surface area contributed by atoms with E-state index in [9.17, 15) is 0 Å². The van der Waals surface area contributed by atoms with E-state index in [1.165, 1.54) is 0 Å². The second-order valence-electron chi connectivity index (χ2n) is 5.15. The molecule has 0 atom stereocenters. The van der Waals surface area contributed by atoms with Gasteiger partial charge < -0.3 is 10.3 Å². The molecule has 104 valence electrons. The van der Waals surface area contributed by atoms with Crippen molar-refractivity contribution in [3.8, 4) is 17.3 Å². The average molecular weight is 268 g/mol. The van der Waals surface area contributed by atoms with Crippen LogP contribution >= 0.6 is 0 Å². The Morgan fingerprint density at radius 1 is 1.30 bits per heavy atom. The van der Waals surface area contributed by atoms with Gasteiger partial charge in [-0.15, -0.1) is 0 Å². The lowest BCUT2D eigenvalue weighted by Crippen LogP contribution is -2.24. The second-order valence-corrected chi connectivity index (χ2v) is 5.15. The molecule has 2 rings (SSSR count).